The molecule has 1 aromatic rings. The Hall–Kier alpha value is -1.92. The molecule has 0 heterocycles. The van der Waals surface area contributed by atoms with E-state index in [0.29, 0.717) is 6.42 Å². The van der Waals surface area contributed by atoms with Gasteiger partial charge in [0.25, 0.3) is 0 Å². The molecule has 0 saturated heterocycles. The van der Waals surface area contributed by atoms with E-state index in [4.69, 9.17) is 4.74 Å². The fraction of sp³-hybridized carbons (Fsp3) is 0.556. The predicted octanol–water partition coefficient (Wildman–Crippen LogP) is 2.20. The minimum absolute atomic E-state index is 0.0229. The van der Waals surface area contributed by atoms with Crippen LogP contribution in [0.2, 0.25) is 0 Å². The third-order valence-corrected chi connectivity index (χ3v) is 3.88. The molecule has 0 saturated carbocycles. The van der Waals surface area contributed by atoms with Crippen LogP contribution >= 0.6 is 0 Å². The summed E-state index contributed by atoms with van der Waals surface area (Å²) < 4.78 is 4.97. The Labute approximate surface area is 142 Å². The molecule has 0 aliphatic rings. The van der Waals surface area contributed by atoms with Crippen molar-refractivity contribution in [2.45, 2.75) is 57.7 Å². The number of carbonyl (C=O) groups excluding carboxylic acids is 2. The first-order chi connectivity index (χ1) is 11.3. The number of phenols is 1. The maximum absolute atomic E-state index is 12.3. The van der Waals surface area contributed by atoms with Gasteiger partial charge in [-0.15, -0.1) is 0 Å². The molecule has 0 fully saturated rings. The lowest BCUT2D eigenvalue weighted by Gasteiger charge is -2.27. The number of ether oxygens (including phenoxy) is 1. The minimum Gasteiger partial charge on any atom is -0.508 e. The second kappa shape index (κ2) is 9.39. The van der Waals surface area contributed by atoms with Gasteiger partial charge in [0.2, 0.25) is 5.78 Å². The summed E-state index contributed by atoms with van der Waals surface area (Å²) in [5.74, 6) is -1.24. The smallest absolute Gasteiger partial charge is 0.338 e. The quantitative estimate of drug-likeness (QED) is 0.565. The van der Waals surface area contributed by atoms with E-state index in [0.717, 1.165) is 6.42 Å². The van der Waals surface area contributed by atoms with Crippen LogP contribution in [0.4, 0.5) is 0 Å². The van der Waals surface area contributed by atoms with Gasteiger partial charge in [-0.25, -0.2) is 4.79 Å². The van der Waals surface area contributed by atoms with E-state index < -0.39 is 30.1 Å². The van der Waals surface area contributed by atoms with Crippen molar-refractivity contribution in [3.63, 3.8) is 0 Å². The molecule has 2 unspecified atom stereocenters. The van der Waals surface area contributed by atoms with Gasteiger partial charge in [0, 0.05) is 0 Å². The van der Waals surface area contributed by atoms with Gasteiger partial charge in [-0.1, -0.05) is 19.8 Å². The average Bonchev–Trinajstić information content (AvgIpc) is 2.56. The van der Waals surface area contributed by atoms with E-state index in [2.05, 4.69) is 0 Å². The van der Waals surface area contributed by atoms with Crippen LogP contribution in [0.5, 0.6) is 5.75 Å². The van der Waals surface area contributed by atoms with Crippen molar-refractivity contribution >= 4 is 11.8 Å². The van der Waals surface area contributed by atoms with E-state index in [-0.39, 0.29) is 30.6 Å². The van der Waals surface area contributed by atoms with Crippen molar-refractivity contribution in [2.75, 3.05) is 6.61 Å². The second-order valence-electron chi connectivity index (χ2n) is 6.07. The molecule has 0 aliphatic heterocycles. The number of aliphatic hydroxyl groups excluding tert-OH is 1. The highest BCUT2D eigenvalue weighted by atomic mass is 16.5. The number of phenolic OH excluding ortho intramolecular Hbond substituents is 1. The molecule has 0 spiro atoms. The van der Waals surface area contributed by atoms with Crippen LogP contribution in [-0.2, 0) is 9.53 Å². The maximum atomic E-state index is 12.3. The minimum atomic E-state index is -1.60. The second-order valence-corrected chi connectivity index (χ2v) is 6.07. The van der Waals surface area contributed by atoms with Crippen molar-refractivity contribution in [1.29, 1.82) is 0 Å². The maximum Gasteiger partial charge on any atom is 0.338 e. The number of rotatable bonds is 10. The Morgan fingerprint density at radius 1 is 1.21 bits per heavy atom. The molecule has 0 bridgehead atoms. The zero-order chi connectivity index (χ0) is 18.2. The normalized spacial score (nSPS) is 14.7. The van der Waals surface area contributed by atoms with Crippen LogP contribution in [0.3, 0.4) is 0 Å². The van der Waals surface area contributed by atoms with Crippen LogP contribution in [0.1, 0.15) is 56.3 Å². The Bertz CT molecular complexity index is 537. The summed E-state index contributed by atoms with van der Waals surface area (Å²) in [6.07, 6.45) is 1.54. The first kappa shape index (κ1) is 20.1. The molecule has 1 aromatic carbocycles. The fourth-order valence-electron chi connectivity index (χ4n) is 2.27. The van der Waals surface area contributed by atoms with Gasteiger partial charge in [0.15, 0.2) is 6.61 Å². The third kappa shape index (κ3) is 6.29. The van der Waals surface area contributed by atoms with Gasteiger partial charge >= 0.3 is 5.97 Å². The summed E-state index contributed by atoms with van der Waals surface area (Å²) in [6.45, 7) is 3.01. The molecular weight excluding hydrogens is 312 g/mol. The van der Waals surface area contributed by atoms with Gasteiger partial charge in [-0.05, 0) is 50.5 Å². The average molecular weight is 338 g/mol. The molecule has 2 atom stereocenters. The lowest BCUT2D eigenvalue weighted by Crippen LogP contribution is -2.42. The molecule has 3 N–H and O–H groups in total. The molecule has 1 rings (SSSR count). The number of carbonyl (C=O) groups is 2. The van der Waals surface area contributed by atoms with E-state index in [1.807, 2.05) is 6.92 Å². The zero-order valence-corrected chi connectivity index (χ0v) is 14.2. The molecule has 0 aliphatic carbocycles. The number of benzene rings is 1. The van der Waals surface area contributed by atoms with Crippen molar-refractivity contribution < 1.29 is 29.6 Å². The Kier molecular flexibility index (Phi) is 7.88. The van der Waals surface area contributed by atoms with Crippen molar-refractivity contribution in [2.24, 2.45) is 0 Å². The van der Waals surface area contributed by atoms with Gasteiger partial charge in [-0.2, -0.15) is 0 Å². The number of ketones is 1. The molecule has 6 heteroatoms. The Balaban J connectivity index is 2.66. The highest BCUT2D eigenvalue weighted by Crippen LogP contribution is 2.23. The lowest BCUT2D eigenvalue weighted by atomic mass is 9.86. The largest absolute Gasteiger partial charge is 0.508 e. The van der Waals surface area contributed by atoms with E-state index >= 15 is 0 Å². The summed E-state index contributed by atoms with van der Waals surface area (Å²) in [5, 5.41) is 29.2. The summed E-state index contributed by atoms with van der Waals surface area (Å²) in [7, 11) is 0. The van der Waals surface area contributed by atoms with Crippen LogP contribution in [0, 0.1) is 0 Å². The SMILES string of the molecule is CCCCC(O)(CCC(C)O)C(=O)COC(=O)c1ccc(O)cc1. The number of hydrogen-bond donors (Lipinski definition) is 3. The summed E-state index contributed by atoms with van der Waals surface area (Å²) >= 11 is 0. The van der Waals surface area contributed by atoms with Crippen LogP contribution in [-0.4, -0.2) is 45.4 Å². The molecule has 24 heavy (non-hydrogen) atoms. The topological polar surface area (TPSA) is 104 Å². The Morgan fingerprint density at radius 3 is 2.38 bits per heavy atom. The summed E-state index contributed by atoms with van der Waals surface area (Å²) in [5.41, 5.74) is -1.39. The first-order valence-corrected chi connectivity index (χ1v) is 8.18. The van der Waals surface area contributed by atoms with Crippen LogP contribution < -0.4 is 0 Å². The molecule has 134 valence electrons. The van der Waals surface area contributed by atoms with Gasteiger partial charge < -0.3 is 20.1 Å². The number of hydrogen-bond acceptors (Lipinski definition) is 6. The van der Waals surface area contributed by atoms with Crippen molar-refractivity contribution in [3.05, 3.63) is 29.8 Å². The van der Waals surface area contributed by atoms with Crippen LogP contribution in [0.25, 0.3) is 0 Å². The monoisotopic (exact) mass is 338 g/mol. The summed E-state index contributed by atoms with van der Waals surface area (Å²) in [4.78, 5) is 24.2. The number of aromatic hydroxyl groups is 1. The van der Waals surface area contributed by atoms with Gasteiger partial charge in [-0.3, -0.25) is 4.79 Å². The third-order valence-electron chi connectivity index (χ3n) is 3.88. The number of unbranched alkanes of at least 4 members (excludes halogenated alkanes) is 1. The summed E-state index contributed by atoms with van der Waals surface area (Å²) in [6, 6.07) is 5.47. The molecule has 0 aromatic heterocycles. The number of aliphatic hydroxyl groups is 2. The lowest BCUT2D eigenvalue weighted by molar-refractivity contribution is -0.142. The van der Waals surface area contributed by atoms with E-state index in [1.54, 1.807) is 6.92 Å². The fourth-order valence-corrected chi connectivity index (χ4v) is 2.27. The van der Waals surface area contributed by atoms with E-state index in [1.165, 1.54) is 24.3 Å². The van der Waals surface area contributed by atoms with Crippen molar-refractivity contribution in [1.82, 2.24) is 0 Å². The molecular formula is C18H26O6. The number of Topliss-reactive ketones (excluding diaryl/α,β-unsaturated/α-hetero) is 1. The first-order valence-electron chi connectivity index (χ1n) is 8.18. The Morgan fingerprint density at radius 2 is 1.83 bits per heavy atom. The molecule has 0 radical (unpaired) electrons. The highest BCUT2D eigenvalue weighted by Gasteiger charge is 2.35. The standard InChI is InChI=1S/C18H26O6/c1-3-4-10-18(23,11-9-13(2)19)16(21)12-24-17(22)14-5-7-15(20)8-6-14/h5-8,13,19-20,23H,3-4,9-12H2,1-2H3. The van der Waals surface area contributed by atoms with Gasteiger partial charge in [0.1, 0.15) is 11.4 Å². The predicted molar refractivity (Wildman–Crippen MR) is 88.8 cm³/mol. The van der Waals surface area contributed by atoms with E-state index in [9.17, 15) is 24.9 Å². The molecule has 6 nitrogen and oxygen atoms in total. The van der Waals surface area contributed by atoms with Crippen molar-refractivity contribution in [3.8, 4) is 5.75 Å². The van der Waals surface area contributed by atoms with Gasteiger partial charge in [0.05, 0.1) is 11.7 Å². The number of esters is 1. The zero-order valence-electron chi connectivity index (χ0n) is 14.2. The molecule has 0 amide bonds. The highest BCUT2D eigenvalue weighted by molar-refractivity contribution is 5.93. The van der Waals surface area contributed by atoms with Crippen LogP contribution in [0.15, 0.2) is 24.3 Å².